The van der Waals surface area contributed by atoms with Crippen LogP contribution in [0.4, 0.5) is 0 Å². The molecule has 2 rings (SSSR count). The topological polar surface area (TPSA) is 146 Å². The summed E-state index contributed by atoms with van der Waals surface area (Å²) < 4.78 is 10.0. The van der Waals surface area contributed by atoms with Gasteiger partial charge in [-0.25, -0.2) is 0 Å². The van der Waals surface area contributed by atoms with Gasteiger partial charge in [0.25, 0.3) is 0 Å². The molecule has 0 heterocycles. The molecule has 0 spiro atoms. The van der Waals surface area contributed by atoms with Crippen LogP contribution in [0.15, 0.2) is 34.3 Å². The molecule has 0 fully saturated rings. The molecule has 47 heavy (non-hydrogen) atoms. The third-order valence-corrected chi connectivity index (χ3v) is 7.32. The molecule has 0 aliphatic carbocycles. The van der Waals surface area contributed by atoms with Crippen molar-refractivity contribution in [2.45, 2.75) is 118 Å². The van der Waals surface area contributed by atoms with Gasteiger partial charge in [0.2, 0.25) is 0 Å². The molecule has 0 N–H and O–H groups in total. The van der Waals surface area contributed by atoms with Crippen molar-refractivity contribution < 1.29 is 51.7 Å². The van der Waals surface area contributed by atoms with Crippen LogP contribution < -0.4 is 10.2 Å². The predicted octanol–water partition coefficient (Wildman–Crippen LogP) is 7.38. The van der Waals surface area contributed by atoms with Gasteiger partial charge in [-0.15, -0.1) is 0 Å². The number of nitrogens with zero attached hydrogens (tertiary/aromatic N) is 2. The van der Waals surface area contributed by atoms with Crippen molar-refractivity contribution in [1.82, 2.24) is 0 Å². The zero-order valence-corrected chi connectivity index (χ0v) is 33.5. The van der Waals surface area contributed by atoms with Crippen molar-refractivity contribution >= 4 is 12.4 Å². The van der Waals surface area contributed by atoms with Crippen LogP contribution in [-0.4, -0.2) is 53.0 Å². The van der Waals surface area contributed by atoms with Crippen LogP contribution in [0.5, 0.6) is 11.5 Å². The first-order valence-electron chi connectivity index (χ1n) is 15.8. The van der Waals surface area contributed by atoms with Gasteiger partial charge < -0.3 is 30.6 Å². The number of hydrogen-bond donors (Lipinski definition) is 0. The summed E-state index contributed by atoms with van der Waals surface area (Å²) >= 11 is 0. The van der Waals surface area contributed by atoms with Gasteiger partial charge in [-0.2, -0.15) is 0 Å². The minimum Gasteiger partial charge on any atom is -2.00 e. The first kappa shape index (κ1) is 49.3. The third-order valence-electron chi connectivity index (χ3n) is 7.32. The second-order valence-electron chi connectivity index (χ2n) is 15.6. The van der Waals surface area contributed by atoms with Crippen molar-refractivity contribution in [2.75, 3.05) is 40.5 Å². The summed E-state index contributed by atoms with van der Waals surface area (Å²) in [5, 5.41) is 25.4. The molecule has 0 saturated carbocycles. The monoisotopic (exact) mass is 738 g/mol. The molecule has 0 amide bonds. The van der Waals surface area contributed by atoms with E-state index >= 15 is 0 Å². The summed E-state index contributed by atoms with van der Waals surface area (Å²) in [4.78, 5) is 8.76. The molecule has 0 unspecified atom stereocenters. The van der Waals surface area contributed by atoms with E-state index in [4.69, 9.17) is 9.47 Å². The zero-order valence-electron chi connectivity index (χ0n) is 31.5. The van der Waals surface area contributed by atoms with Crippen LogP contribution in [-0.2, 0) is 63.2 Å². The quantitative estimate of drug-likeness (QED) is 0.142. The summed E-state index contributed by atoms with van der Waals surface area (Å²) in [5.41, 5.74) is 5.12. The number of benzene rings is 2. The third kappa shape index (κ3) is 16.7. The molecule has 8 nitrogen and oxygen atoms in total. The first-order chi connectivity index (χ1) is 20.1. The summed E-state index contributed by atoms with van der Waals surface area (Å²) in [6.45, 7) is 28.2. The summed E-state index contributed by atoms with van der Waals surface area (Å²) in [6, 6.07) is 8.09. The Bertz CT molecular complexity index is 1150. The standard InChI is InChI=1S/2C19H31NO2.Mo.2O/c2*1-18(2,3)15-11-14(13-20-9-8-10-22-7)17(21)16(12-15)19(4,5)6;;;/h2*11-13,21H,8-10H2,1-7H3;;;/q;;;2*-2/p-2. The Morgan fingerprint density at radius 1 is 0.553 bits per heavy atom. The predicted molar refractivity (Wildman–Crippen MR) is 186 cm³/mol. The average Bonchev–Trinajstić information content (AvgIpc) is 2.87. The van der Waals surface area contributed by atoms with E-state index < -0.39 is 0 Å². The summed E-state index contributed by atoms with van der Waals surface area (Å²) in [5.74, 6) is 0.187. The summed E-state index contributed by atoms with van der Waals surface area (Å²) in [7, 11) is 3.36. The maximum absolute atomic E-state index is 12.7. The van der Waals surface area contributed by atoms with Crippen molar-refractivity contribution in [1.29, 1.82) is 0 Å². The second-order valence-corrected chi connectivity index (χ2v) is 15.6. The maximum atomic E-state index is 12.7. The Hall–Kier alpha value is -2.09. The van der Waals surface area contributed by atoms with Crippen LogP contribution in [0.2, 0.25) is 0 Å². The molecule has 9 heteroatoms. The molecule has 0 aromatic heterocycles. The van der Waals surface area contributed by atoms with E-state index in [1.165, 1.54) is 11.1 Å². The van der Waals surface area contributed by atoms with E-state index in [0.717, 1.165) is 24.0 Å². The summed E-state index contributed by atoms with van der Waals surface area (Å²) in [6.07, 6.45) is 5.18. The molecule has 270 valence electrons. The normalized spacial score (nSPS) is 12.2. The number of methoxy groups -OCH3 is 2. The van der Waals surface area contributed by atoms with E-state index in [1.54, 1.807) is 26.6 Å². The smallest absolute Gasteiger partial charge is 0.0479 e. The van der Waals surface area contributed by atoms with Crippen LogP contribution in [0.3, 0.4) is 0 Å². The number of hydrogen-bond acceptors (Lipinski definition) is 6. The second kappa shape index (κ2) is 21.1. The SMILES string of the molecule is COCCCN=Cc1cc(C(C)(C)C)cc(C(C)(C)C)c1[O-].COCCCN=Cc1cc(C(C)(C)C)cc(C(C)(C)C)c1[O-].[Mo].[O-2].[O-2]. The average molecular weight is 737 g/mol. The van der Waals surface area contributed by atoms with Gasteiger partial charge in [0.05, 0.1) is 0 Å². The van der Waals surface area contributed by atoms with E-state index in [2.05, 4.69) is 105 Å². The molecule has 2 aromatic rings. The van der Waals surface area contributed by atoms with Crippen molar-refractivity contribution in [3.05, 3.63) is 57.6 Å². The molecule has 0 bridgehead atoms. The number of rotatable bonds is 10. The van der Waals surface area contributed by atoms with Gasteiger partial charge in [0, 0.05) is 74.0 Å². The fraction of sp³-hybridized carbons (Fsp3) is 0.632. The van der Waals surface area contributed by atoms with E-state index in [9.17, 15) is 10.2 Å². The maximum Gasteiger partial charge on any atom is 0.0479 e. The fourth-order valence-corrected chi connectivity index (χ4v) is 4.40. The van der Waals surface area contributed by atoms with E-state index in [-0.39, 0.29) is 65.2 Å². The molecule has 0 aliphatic heterocycles. The largest absolute Gasteiger partial charge is 2.00 e. The Kier molecular flexibility index (Phi) is 22.1. The Morgan fingerprint density at radius 2 is 0.851 bits per heavy atom. The van der Waals surface area contributed by atoms with Crippen molar-refractivity contribution in [2.24, 2.45) is 9.98 Å². The zero-order chi connectivity index (χ0) is 33.9. The van der Waals surface area contributed by atoms with Gasteiger partial charge >= 0.3 is 0 Å². The minimum absolute atomic E-state index is 0. The molecular formula is C38H60MoN2O6-6. The van der Waals surface area contributed by atoms with E-state index in [1.807, 2.05) is 12.1 Å². The van der Waals surface area contributed by atoms with Crippen molar-refractivity contribution in [3.63, 3.8) is 0 Å². The minimum atomic E-state index is -0.170. The first-order valence-corrected chi connectivity index (χ1v) is 15.8. The van der Waals surface area contributed by atoms with Gasteiger partial charge in [0.15, 0.2) is 0 Å². The Balaban J connectivity index is -0.000000774. The molecular weight excluding hydrogens is 676 g/mol. The van der Waals surface area contributed by atoms with Crippen LogP contribution >= 0.6 is 0 Å². The van der Waals surface area contributed by atoms with Gasteiger partial charge in [-0.05, 0) is 67.9 Å². The molecule has 2 aromatic carbocycles. The van der Waals surface area contributed by atoms with E-state index in [0.29, 0.717) is 37.4 Å². The van der Waals surface area contributed by atoms with Crippen LogP contribution in [0.25, 0.3) is 0 Å². The van der Waals surface area contributed by atoms with Gasteiger partial charge in [-0.1, -0.05) is 119 Å². The molecule has 0 radical (unpaired) electrons. The number of aliphatic imine (C=N–C) groups is 2. The fourth-order valence-electron chi connectivity index (χ4n) is 4.40. The molecule has 0 saturated heterocycles. The number of ether oxygens (including phenoxy) is 2. The van der Waals surface area contributed by atoms with Gasteiger partial charge in [0.1, 0.15) is 0 Å². The van der Waals surface area contributed by atoms with Crippen LogP contribution in [0, 0.1) is 0 Å². The Morgan fingerprint density at radius 3 is 1.09 bits per heavy atom. The van der Waals surface area contributed by atoms with Gasteiger partial charge in [-0.3, -0.25) is 9.98 Å². The van der Waals surface area contributed by atoms with Crippen LogP contribution in [0.1, 0.15) is 129 Å². The Labute approximate surface area is 300 Å². The molecule has 0 atom stereocenters. The van der Waals surface area contributed by atoms with Crippen molar-refractivity contribution in [3.8, 4) is 11.5 Å². The molecule has 0 aliphatic rings.